The molecule has 0 aromatic carbocycles. The third kappa shape index (κ3) is 2.78. The number of pyridine rings is 1. The quantitative estimate of drug-likeness (QED) is 0.361. The molecule has 2 rings (SSSR count). The van der Waals surface area contributed by atoms with Gasteiger partial charge in [-0.05, 0) is 32.4 Å². The first kappa shape index (κ1) is 13.6. The van der Waals surface area contributed by atoms with Crippen molar-refractivity contribution in [2.24, 2.45) is 10.9 Å². The Labute approximate surface area is 112 Å². The number of rotatable bonds is 2. The zero-order chi connectivity index (χ0) is 14.0. The van der Waals surface area contributed by atoms with Crippen LogP contribution < -0.4 is 10.6 Å². The highest BCUT2D eigenvalue weighted by atomic mass is 16.5. The normalized spacial score (nSPS) is 24.6. The molecule has 1 aliphatic heterocycles. The fourth-order valence-electron chi connectivity index (χ4n) is 2.50. The van der Waals surface area contributed by atoms with Crippen molar-refractivity contribution < 1.29 is 9.94 Å². The highest BCUT2D eigenvalue weighted by molar-refractivity contribution is 6.02. The lowest BCUT2D eigenvalue weighted by atomic mass is 10.1. The minimum Gasteiger partial charge on any atom is -0.409 e. The summed E-state index contributed by atoms with van der Waals surface area (Å²) in [6, 6.07) is 1.85. The summed E-state index contributed by atoms with van der Waals surface area (Å²) in [5.74, 6) is 0.838. The lowest BCUT2D eigenvalue weighted by molar-refractivity contribution is -0.00547. The fourth-order valence-corrected chi connectivity index (χ4v) is 2.50. The molecule has 6 nitrogen and oxygen atoms in total. The molecule has 0 amide bonds. The maximum absolute atomic E-state index is 8.93. The maximum Gasteiger partial charge on any atom is 0.174 e. The average molecular weight is 264 g/mol. The highest BCUT2D eigenvalue weighted by Gasteiger charge is 2.26. The molecule has 1 saturated heterocycles. The predicted molar refractivity (Wildman–Crippen MR) is 73.7 cm³/mol. The van der Waals surface area contributed by atoms with Crippen LogP contribution in [0, 0.1) is 6.92 Å². The van der Waals surface area contributed by atoms with Gasteiger partial charge in [0, 0.05) is 19.3 Å². The molecule has 0 saturated carbocycles. The zero-order valence-electron chi connectivity index (χ0n) is 11.5. The van der Waals surface area contributed by atoms with Gasteiger partial charge in [0.15, 0.2) is 5.84 Å². The van der Waals surface area contributed by atoms with E-state index in [-0.39, 0.29) is 18.0 Å². The number of nitrogens with two attached hydrogens (primary N) is 1. The number of aromatic nitrogens is 1. The van der Waals surface area contributed by atoms with E-state index in [2.05, 4.69) is 15.0 Å². The van der Waals surface area contributed by atoms with Gasteiger partial charge in [-0.1, -0.05) is 5.16 Å². The molecule has 2 heterocycles. The molecule has 0 unspecified atom stereocenters. The molecule has 1 aliphatic rings. The van der Waals surface area contributed by atoms with Crippen molar-refractivity contribution in [3.8, 4) is 0 Å². The van der Waals surface area contributed by atoms with E-state index < -0.39 is 0 Å². The molecule has 0 spiro atoms. The van der Waals surface area contributed by atoms with E-state index in [0.29, 0.717) is 5.56 Å². The first-order chi connectivity index (χ1) is 9.02. The van der Waals surface area contributed by atoms with Crippen molar-refractivity contribution in [2.75, 3.05) is 18.0 Å². The summed E-state index contributed by atoms with van der Waals surface area (Å²) in [5.41, 5.74) is 7.40. The summed E-state index contributed by atoms with van der Waals surface area (Å²) in [5, 5.41) is 12.0. The van der Waals surface area contributed by atoms with E-state index in [1.165, 1.54) is 0 Å². The minimum absolute atomic E-state index is 0.0902. The lowest BCUT2D eigenvalue weighted by Gasteiger charge is -2.37. The number of morpholine rings is 1. The smallest absolute Gasteiger partial charge is 0.174 e. The zero-order valence-corrected chi connectivity index (χ0v) is 11.5. The molecule has 1 aromatic heterocycles. The first-order valence-corrected chi connectivity index (χ1v) is 6.36. The van der Waals surface area contributed by atoms with Crippen LogP contribution in [0.5, 0.6) is 0 Å². The van der Waals surface area contributed by atoms with Crippen LogP contribution in [0.4, 0.5) is 5.82 Å². The molecule has 2 atom stereocenters. The van der Waals surface area contributed by atoms with Gasteiger partial charge in [0.25, 0.3) is 0 Å². The molecular weight excluding hydrogens is 244 g/mol. The number of nitrogens with zero attached hydrogens (tertiary/aromatic N) is 3. The second-order valence-electron chi connectivity index (χ2n) is 4.97. The summed E-state index contributed by atoms with van der Waals surface area (Å²) < 4.78 is 5.71. The van der Waals surface area contributed by atoms with Crippen LogP contribution in [-0.2, 0) is 4.74 Å². The van der Waals surface area contributed by atoms with Crippen LogP contribution in [-0.4, -0.2) is 41.3 Å². The van der Waals surface area contributed by atoms with Gasteiger partial charge < -0.3 is 20.6 Å². The van der Waals surface area contributed by atoms with Gasteiger partial charge in [0.05, 0.1) is 17.8 Å². The molecule has 6 heteroatoms. The van der Waals surface area contributed by atoms with Crippen LogP contribution in [0.3, 0.4) is 0 Å². The summed E-state index contributed by atoms with van der Waals surface area (Å²) in [7, 11) is 0. The lowest BCUT2D eigenvalue weighted by Crippen LogP contribution is -2.46. The Morgan fingerprint density at radius 2 is 2.11 bits per heavy atom. The molecular formula is C13H20N4O2. The monoisotopic (exact) mass is 264 g/mol. The number of hydrogen-bond donors (Lipinski definition) is 2. The number of ether oxygens (including phenoxy) is 1. The number of amidine groups is 1. The Balaban J connectivity index is 2.41. The number of aryl methyl sites for hydroxylation is 1. The van der Waals surface area contributed by atoms with Gasteiger partial charge in [0.1, 0.15) is 5.82 Å². The molecule has 1 fully saturated rings. The van der Waals surface area contributed by atoms with Gasteiger partial charge in [-0.15, -0.1) is 0 Å². The first-order valence-electron chi connectivity index (χ1n) is 6.36. The molecule has 0 bridgehead atoms. The second kappa shape index (κ2) is 5.44. The van der Waals surface area contributed by atoms with Crippen molar-refractivity contribution in [2.45, 2.75) is 33.0 Å². The van der Waals surface area contributed by atoms with Crippen LogP contribution >= 0.6 is 0 Å². The van der Waals surface area contributed by atoms with E-state index in [9.17, 15) is 0 Å². The standard InChI is InChI=1S/C13H20N4O2/c1-8-4-5-15-13(11(8)12(14)16-18)17-6-9(2)19-10(3)7-17/h4-5,9-10,18H,6-7H2,1-3H3,(H2,14,16)/t9-,10+. The molecule has 3 N–H and O–H groups in total. The Morgan fingerprint density at radius 3 is 2.68 bits per heavy atom. The van der Waals surface area contributed by atoms with E-state index in [4.69, 9.17) is 15.7 Å². The van der Waals surface area contributed by atoms with E-state index in [1.54, 1.807) is 6.20 Å². The topological polar surface area (TPSA) is 84.0 Å². The summed E-state index contributed by atoms with van der Waals surface area (Å²) in [6.07, 6.45) is 2.00. The van der Waals surface area contributed by atoms with Crippen molar-refractivity contribution in [3.05, 3.63) is 23.4 Å². The van der Waals surface area contributed by atoms with Gasteiger partial charge >= 0.3 is 0 Å². The number of hydrogen-bond acceptors (Lipinski definition) is 5. The summed E-state index contributed by atoms with van der Waals surface area (Å²) >= 11 is 0. The molecule has 0 radical (unpaired) electrons. The van der Waals surface area contributed by atoms with Crippen LogP contribution in [0.15, 0.2) is 17.4 Å². The summed E-state index contributed by atoms with van der Waals surface area (Å²) in [4.78, 5) is 6.52. The highest BCUT2D eigenvalue weighted by Crippen LogP contribution is 2.24. The Kier molecular flexibility index (Phi) is 3.90. The van der Waals surface area contributed by atoms with Gasteiger partial charge in [-0.25, -0.2) is 4.98 Å². The third-order valence-electron chi connectivity index (χ3n) is 3.22. The molecule has 19 heavy (non-hydrogen) atoms. The predicted octanol–water partition coefficient (Wildman–Crippen LogP) is 1.10. The van der Waals surface area contributed by atoms with Crippen LogP contribution in [0.2, 0.25) is 0 Å². The van der Waals surface area contributed by atoms with Gasteiger partial charge in [-0.2, -0.15) is 0 Å². The van der Waals surface area contributed by atoms with Crippen molar-refractivity contribution in [1.29, 1.82) is 0 Å². The molecule has 104 valence electrons. The van der Waals surface area contributed by atoms with Gasteiger partial charge in [0.2, 0.25) is 0 Å². The van der Waals surface area contributed by atoms with Gasteiger partial charge in [-0.3, -0.25) is 0 Å². The van der Waals surface area contributed by atoms with E-state index in [1.807, 2.05) is 26.8 Å². The second-order valence-corrected chi connectivity index (χ2v) is 4.97. The summed E-state index contributed by atoms with van der Waals surface area (Å²) in [6.45, 7) is 7.47. The van der Waals surface area contributed by atoms with E-state index in [0.717, 1.165) is 24.5 Å². The van der Waals surface area contributed by atoms with Crippen LogP contribution in [0.1, 0.15) is 25.0 Å². The Bertz CT molecular complexity index is 480. The fraction of sp³-hybridized carbons (Fsp3) is 0.538. The number of oxime groups is 1. The van der Waals surface area contributed by atoms with Crippen molar-refractivity contribution in [3.63, 3.8) is 0 Å². The Hall–Kier alpha value is -1.82. The number of anilines is 1. The third-order valence-corrected chi connectivity index (χ3v) is 3.22. The largest absolute Gasteiger partial charge is 0.409 e. The van der Waals surface area contributed by atoms with Crippen LogP contribution in [0.25, 0.3) is 0 Å². The maximum atomic E-state index is 8.93. The van der Waals surface area contributed by atoms with E-state index >= 15 is 0 Å². The van der Waals surface area contributed by atoms with Crippen molar-refractivity contribution in [1.82, 2.24) is 4.98 Å². The SMILES string of the molecule is Cc1ccnc(N2C[C@@H](C)O[C@@H](C)C2)c1/C(N)=N/O. The van der Waals surface area contributed by atoms with Crippen molar-refractivity contribution >= 4 is 11.7 Å². The molecule has 0 aliphatic carbocycles. The molecule has 1 aromatic rings. The Morgan fingerprint density at radius 1 is 1.47 bits per heavy atom. The minimum atomic E-state index is 0.0902. The average Bonchev–Trinajstić information content (AvgIpc) is 2.36.